The van der Waals surface area contributed by atoms with E-state index >= 15 is 0 Å². The second-order valence-electron chi connectivity index (χ2n) is 2.58. The Morgan fingerprint density at radius 3 is 2.71 bits per heavy atom. The van der Waals surface area contributed by atoms with Crippen LogP contribution in [0.2, 0.25) is 0 Å². The first kappa shape index (κ1) is 10.2. The van der Waals surface area contributed by atoms with Crippen LogP contribution in [0, 0.1) is 0 Å². The van der Waals surface area contributed by atoms with Crippen LogP contribution in [0.1, 0.15) is 0 Å². The van der Waals surface area contributed by atoms with Gasteiger partial charge in [-0.3, -0.25) is 9.69 Å². The average Bonchev–Trinajstić information content (AvgIpc) is 2.60. The topological polar surface area (TPSA) is 75.7 Å². The van der Waals surface area contributed by atoms with Crippen molar-refractivity contribution in [2.24, 2.45) is 0 Å². The van der Waals surface area contributed by atoms with Gasteiger partial charge in [0.15, 0.2) is 0 Å². The molecule has 0 saturated carbocycles. The maximum atomic E-state index is 11.2. The first-order valence-corrected chi connectivity index (χ1v) is 4.00. The van der Waals surface area contributed by atoms with Crippen LogP contribution < -0.4 is 5.32 Å². The number of nitrogens with one attached hydrogen (secondary N) is 1. The third-order valence-corrected chi connectivity index (χ3v) is 1.69. The zero-order valence-corrected chi connectivity index (χ0v) is 7.65. The van der Waals surface area contributed by atoms with Gasteiger partial charge in [0.1, 0.15) is 0 Å². The molecular weight excluding hydrogens is 188 g/mol. The molecule has 1 aliphatic rings. The number of esters is 1. The van der Waals surface area contributed by atoms with Crippen molar-refractivity contribution in [2.45, 2.75) is 0 Å². The van der Waals surface area contributed by atoms with Gasteiger partial charge in [-0.15, -0.1) is 0 Å². The Labute approximate surface area is 80.5 Å². The molecule has 1 N–H and O–H groups in total. The van der Waals surface area contributed by atoms with Gasteiger partial charge in [0.25, 0.3) is 5.91 Å². The van der Waals surface area contributed by atoms with Crippen LogP contribution in [0.15, 0.2) is 12.2 Å². The fraction of sp³-hybridized carbons (Fsp3) is 0.375. The first-order valence-electron chi connectivity index (χ1n) is 4.00. The molecule has 0 bridgehead atoms. The number of hydrogen-bond acceptors (Lipinski definition) is 4. The maximum Gasteiger partial charge on any atom is 0.330 e. The summed E-state index contributed by atoms with van der Waals surface area (Å²) < 4.78 is 4.29. The van der Waals surface area contributed by atoms with Crippen LogP contribution >= 0.6 is 0 Å². The van der Waals surface area contributed by atoms with Crippen molar-refractivity contribution in [1.29, 1.82) is 0 Å². The summed E-state index contributed by atoms with van der Waals surface area (Å²) in [6, 6.07) is -0.440. The minimum absolute atomic E-state index is 0.323. The monoisotopic (exact) mass is 198 g/mol. The van der Waals surface area contributed by atoms with E-state index in [0.717, 1.165) is 17.1 Å². The average molecular weight is 198 g/mol. The fourth-order valence-corrected chi connectivity index (χ4v) is 0.979. The van der Waals surface area contributed by atoms with E-state index in [1.54, 1.807) is 0 Å². The Morgan fingerprint density at radius 1 is 1.50 bits per heavy atom. The molecule has 1 rings (SSSR count). The molecule has 3 amide bonds. The maximum absolute atomic E-state index is 11.2. The highest BCUT2D eigenvalue weighted by Gasteiger charge is 2.24. The quantitative estimate of drug-likeness (QED) is 0.468. The number of hydrogen-bond donors (Lipinski definition) is 1. The third kappa shape index (κ3) is 2.32. The van der Waals surface area contributed by atoms with E-state index in [-0.39, 0.29) is 0 Å². The Bertz CT molecular complexity index is 298. The summed E-state index contributed by atoms with van der Waals surface area (Å²) in [5, 5.41) is 2.47. The van der Waals surface area contributed by atoms with Gasteiger partial charge < -0.3 is 10.1 Å². The van der Waals surface area contributed by atoms with E-state index in [0.29, 0.717) is 13.1 Å². The van der Waals surface area contributed by atoms with E-state index in [2.05, 4.69) is 10.1 Å². The number of carbonyl (C=O) groups is 3. The molecule has 1 fully saturated rings. The number of amides is 3. The van der Waals surface area contributed by atoms with E-state index in [9.17, 15) is 14.4 Å². The van der Waals surface area contributed by atoms with Crippen LogP contribution in [-0.2, 0) is 14.3 Å². The van der Waals surface area contributed by atoms with Gasteiger partial charge in [-0.1, -0.05) is 0 Å². The van der Waals surface area contributed by atoms with Crippen molar-refractivity contribution in [2.75, 3.05) is 20.2 Å². The summed E-state index contributed by atoms with van der Waals surface area (Å²) in [4.78, 5) is 33.9. The number of urea groups is 1. The van der Waals surface area contributed by atoms with Gasteiger partial charge in [-0.05, 0) is 0 Å². The number of imide groups is 1. The Kier molecular flexibility index (Phi) is 3.22. The number of nitrogens with zero attached hydrogens (tertiary/aromatic N) is 1. The number of rotatable bonds is 2. The highest BCUT2D eigenvalue weighted by atomic mass is 16.5. The number of methoxy groups -OCH3 is 1. The van der Waals surface area contributed by atoms with E-state index in [4.69, 9.17) is 0 Å². The summed E-state index contributed by atoms with van der Waals surface area (Å²) >= 11 is 0. The summed E-state index contributed by atoms with van der Waals surface area (Å²) in [7, 11) is 1.21. The van der Waals surface area contributed by atoms with E-state index < -0.39 is 17.9 Å². The lowest BCUT2D eigenvalue weighted by atomic mass is 10.4. The molecule has 1 aliphatic heterocycles. The van der Waals surface area contributed by atoms with E-state index in [1.165, 1.54) is 7.11 Å². The molecule has 0 aliphatic carbocycles. The largest absolute Gasteiger partial charge is 0.466 e. The molecular formula is C8H10N2O4. The van der Waals surface area contributed by atoms with Crippen LogP contribution in [0.25, 0.3) is 0 Å². The SMILES string of the molecule is COC(=O)C=CC(=O)N1CCNC1=O. The van der Waals surface area contributed by atoms with Gasteiger partial charge in [0.2, 0.25) is 0 Å². The van der Waals surface area contributed by atoms with Gasteiger partial charge in [-0.2, -0.15) is 0 Å². The molecule has 0 aromatic carbocycles. The predicted molar refractivity (Wildman–Crippen MR) is 46.3 cm³/mol. The minimum Gasteiger partial charge on any atom is -0.466 e. The summed E-state index contributed by atoms with van der Waals surface area (Å²) in [6.07, 6.45) is 1.99. The van der Waals surface area contributed by atoms with E-state index in [1.807, 2.05) is 0 Å². The highest BCUT2D eigenvalue weighted by molar-refractivity contribution is 6.03. The third-order valence-electron chi connectivity index (χ3n) is 1.69. The van der Waals surface area contributed by atoms with Crippen molar-refractivity contribution in [3.8, 4) is 0 Å². The van der Waals surface area contributed by atoms with Crippen molar-refractivity contribution in [1.82, 2.24) is 10.2 Å². The van der Waals surface area contributed by atoms with Crippen molar-refractivity contribution in [3.05, 3.63) is 12.2 Å². The molecule has 1 heterocycles. The number of carbonyl (C=O) groups excluding carboxylic acids is 3. The lowest BCUT2D eigenvalue weighted by Gasteiger charge is -2.07. The molecule has 76 valence electrons. The zero-order valence-electron chi connectivity index (χ0n) is 7.65. The fourth-order valence-electron chi connectivity index (χ4n) is 0.979. The Morgan fingerprint density at radius 2 is 2.21 bits per heavy atom. The molecule has 0 aromatic heterocycles. The van der Waals surface area contributed by atoms with Crippen molar-refractivity contribution >= 4 is 17.9 Å². The molecule has 1 saturated heterocycles. The van der Waals surface area contributed by atoms with Crippen LogP contribution in [0.3, 0.4) is 0 Å². The normalized spacial score (nSPS) is 15.8. The lowest BCUT2D eigenvalue weighted by molar-refractivity contribution is -0.135. The van der Waals surface area contributed by atoms with Gasteiger partial charge in [-0.25, -0.2) is 9.59 Å². The second kappa shape index (κ2) is 4.40. The predicted octanol–water partition coefficient (Wildman–Crippen LogP) is -0.733. The van der Waals surface area contributed by atoms with Crippen LogP contribution in [0.5, 0.6) is 0 Å². The summed E-state index contributed by atoms with van der Waals surface area (Å²) in [5.74, 6) is -1.15. The minimum atomic E-state index is -0.627. The molecule has 0 unspecified atom stereocenters. The first-order chi connectivity index (χ1) is 6.65. The zero-order chi connectivity index (χ0) is 10.6. The molecule has 6 nitrogen and oxygen atoms in total. The summed E-state index contributed by atoms with van der Waals surface area (Å²) in [5.41, 5.74) is 0. The highest BCUT2D eigenvalue weighted by Crippen LogP contribution is 1.98. The molecule has 0 radical (unpaired) electrons. The van der Waals surface area contributed by atoms with Gasteiger partial charge in [0, 0.05) is 25.2 Å². The van der Waals surface area contributed by atoms with Gasteiger partial charge in [0.05, 0.1) is 7.11 Å². The Hall–Kier alpha value is -1.85. The van der Waals surface area contributed by atoms with Crippen LogP contribution in [0.4, 0.5) is 4.79 Å². The molecule has 0 aromatic rings. The molecule has 6 heteroatoms. The lowest BCUT2D eigenvalue weighted by Crippen LogP contribution is -2.32. The Balaban J connectivity index is 2.53. The number of ether oxygens (including phenoxy) is 1. The standard InChI is InChI=1S/C8H10N2O4/c1-14-7(12)3-2-6(11)10-5-4-9-8(10)13/h2-3H,4-5H2,1H3,(H,9,13). The second-order valence-corrected chi connectivity index (χ2v) is 2.58. The summed E-state index contributed by atoms with van der Waals surface area (Å²) in [6.45, 7) is 0.764. The smallest absolute Gasteiger partial charge is 0.330 e. The van der Waals surface area contributed by atoms with Crippen molar-refractivity contribution in [3.63, 3.8) is 0 Å². The van der Waals surface area contributed by atoms with Crippen LogP contribution in [-0.4, -0.2) is 43.0 Å². The molecule has 0 atom stereocenters. The van der Waals surface area contributed by atoms with Gasteiger partial charge >= 0.3 is 12.0 Å². The molecule has 0 spiro atoms. The van der Waals surface area contributed by atoms with Crippen molar-refractivity contribution < 1.29 is 19.1 Å². The molecule has 14 heavy (non-hydrogen) atoms.